The molecule has 0 atom stereocenters. The van der Waals surface area contributed by atoms with Gasteiger partial charge in [0.1, 0.15) is 0 Å². The zero-order chi connectivity index (χ0) is 15.4. The molecule has 0 radical (unpaired) electrons. The van der Waals surface area contributed by atoms with Gasteiger partial charge >= 0.3 is 11.7 Å². The van der Waals surface area contributed by atoms with Crippen LogP contribution in [-0.4, -0.2) is 58.6 Å². The van der Waals surface area contributed by atoms with Crippen LogP contribution in [0.3, 0.4) is 0 Å². The van der Waals surface area contributed by atoms with Crippen molar-refractivity contribution >= 4 is 29.1 Å². The summed E-state index contributed by atoms with van der Waals surface area (Å²) in [7, 11) is 0. The molecule has 1 aliphatic rings. The molecule has 0 bridgehead atoms. The lowest BCUT2D eigenvalue weighted by Gasteiger charge is -2.21. The number of carbonyl (C=O) groups is 1. The van der Waals surface area contributed by atoms with Gasteiger partial charge in [-0.2, -0.15) is 0 Å². The van der Waals surface area contributed by atoms with Gasteiger partial charge in [-0.1, -0.05) is 11.6 Å². The smallest absolute Gasteiger partial charge is 0.317 e. The standard InChI is InChI=1S/C12H15ClN4O4/c13-9-6-10(17(20)21)12(14-7-9)16-3-1-2-15(4-5-16)8-11(18)19/h6-7H,1-5,8H2,(H,18,19). The van der Waals surface area contributed by atoms with E-state index in [0.717, 1.165) is 6.42 Å². The fourth-order valence-corrected chi connectivity index (χ4v) is 2.48. The second kappa shape index (κ2) is 6.68. The molecule has 0 unspecified atom stereocenters. The highest BCUT2D eigenvalue weighted by atomic mass is 35.5. The minimum absolute atomic E-state index is 0.0238. The van der Waals surface area contributed by atoms with Crippen LogP contribution in [0.25, 0.3) is 0 Å². The van der Waals surface area contributed by atoms with Gasteiger partial charge in [-0.25, -0.2) is 4.98 Å². The maximum absolute atomic E-state index is 11.1. The number of aromatic nitrogens is 1. The number of carboxylic acid groups (broad SMARTS) is 1. The number of hydrogen-bond donors (Lipinski definition) is 1. The minimum Gasteiger partial charge on any atom is -0.480 e. The SMILES string of the molecule is O=C(O)CN1CCCN(c2ncc(Cl)cc2[N+](=O)[O-])CC1. The quantitative estimate of drug-likeness (QED) is 0.659. The Morgan fingerprint density at radius 3 is 2.86 bits per heavy atom. The lowest BCUT2D eigenvalue weighted by molar-refractivity contribution is -0.384. The number of anilines is 1. The molecule has 9 heteroatoms. The summed E-state index contributed by atoms with van der Waals surface area (Å²) in [6, 6.07) is 1.28. The van der Waals surface area contributed by atoms with E-state index in [1.165, 1.54) is 12.3 Å². The molecular weight excluding hydrogens is 300 g/mol. The van der Waals surface area contributed by atoms with Crippen molar-refractivity contribution in [1.29, 1.82) is 0 Å². The molecule has 8 nitrogen and oxygen atoms in total. The number of halogens is 1. The van der Waals surface area contributed by atoms with Crippen molar-refractivity contribution in [2.75, 3.05) is 37.6 Å². The van der Waals surface area contributed by atoms with E-state index < -0.39 is 10.9 Å². The van der Waals surface area contributed by atoms with Crippen molar-refractivity contribution in [2.45, 2.75) is 6.42 Å². The fourth-order valence-electron chi connectivity index (χ4n) is 2.33. The van der Waals surface area contributed by atoms with Crippen molar-refractivity contribution in [3.63, 3.8) is 0 Å². The monoisotopic (exact) mass is 314 g/mol. The number of nitrogens with zero attached hydrogens (tertiary/aromatic N) is 4. The average molecular weight is 315 g/mol. The summed E-state index contributed by atoms with van der Waals surface area (Å²) >= 11 is 5.75. The molecule has 1 aromatic rings. The number of pyridine rings is 1. The third kappa shape index (κ3) is 4.02. The van der Waals surface area contributed by atoms with Gasteiger partial charge in [0.15, 0.2) is 0 Å². The van der Waals surface area contributed by atoms with E-state index in [1.807, 2.05) is 4.90 Å². The first-order valence-corrected chi connectivity index (χ1v) is 6.84. The Morgan fingerprint density at radius 1 is 1.43 bits per heavy atom. The zero-order valence-corrected chi connectivity index (χ0v) is 12.0. The van der Waals surface area contributed by atoms with E-state index in [1.54, 1.807) is 4.90 Å². The molecule has 0 aliphatic carbocycles. The molecule has 0 amide bonds. The van der Waals surface area contributed by atoms with Gasteiger partial charge in [0.05, 0.1) is 16.5 Å². The Balaban J connectivity index is 2.15. The average Bonchev–Trinajstić information content (AvgIpc) is 2.63. The number of nitro groups is 1. The molecule has 114 valence electrons. The molecule has 0 aromatic carbocycles. The van der Waals surface area contributed by atoms with Crippen LogP contribution in [0.2, 0.25) is 5.02 Å². The highest BCUT2D eigenvalue weighted by Gasteiger charge is 2.24. The van der Waals surface area contributed by atoms with E-state index in [4.69, 9.17) is 16.7 Å². The van der Waals surface area contributed by atoms with Gasteiger partial charge < -0.3 is 10.0 Å². The van der Waals surface area contributed by atoms with Gasteiger partial charge in [0.25, 0.3) is 0 Å². The van der Waals surface area contributed by atoms with E-state index in [-0.39, 0.29) is 23.1 Å². The lowest BCUT2D eigenvalue weighted by atomic mass is 10.3. The fraction of sp³-hybridized carbons (Fsp3) is 0.500. The molecule has 1 aromatic heterocycles. The maximum Gasteiger partial charge on any atom is 0.317 e. The van der Waals surface area contributed by atoms with Crippen LogP contribution in [-0.2, 0) is 4.79 Å². The van der Waals surface area contributed by atoms with Gasteiger partial charge in [-0.05, 0) is 6.42 Å². The Hall–Kier alpha value is -1.93. The third-order valence-corrected chi connectivity index (χ3v) is 3.46. The number of aliphatic carboxylic acids is 1. The number of hydrogen-bond acceptors (Lipinski definition) is 6. The molecule has 0 spiro atoms. The van der Waals surface area contributed by atoms with E-state index in [2.05, 4.69) is 4.98 Å². The normalized spacial score (nSPS) is 16.5. The summed E-state index contributed by atoms with van der Waals surface area (Å²) in [5.41, 5.74) is -0.130. The molecular formula is C12H15ClN4O4. The Bertz CT molecular complexity index is 554. The predicted octanol–water partition coefficient (Wildman–Crippen LogP) is 1.24. The highest BCUT2D eigenvalue weighted by Crippen LogP contribution is 2.28. The first-order valence-electron chi connectivity index (χ1n) is 6.46. The zero-order valence-electron chi connectivity index (χ0n) is 11.2. The second-order valence-corrected chi connectivity index (χ2v) is 5.20. The molecule has 1 aliphatic heterocycles. The molecule has 1 N–H and O–H groups in total. The Morgan fingerprint density at radius 2 is 2.19 bits per heavy atom. The summed E-state index contributed by atoms with van der Waals surface area (Å²) in [5.74, 6) is -0.597. The van der Waals surface area contributed by atoms with Gasteiger partial charge in [0, 0.05) is 38.4 Å². The number of carboxylic acids is 1. The Labute approximate surface area is 126 Å². The topological polar surface area (TPSA) is 99.8 Å². The Kier molecular flexibility index (Phi) is 4.92. The maximum atomic E-state index is 11.1. The largest absolute Gasteiger partial charge is 0.480 e. The van der Waals surface area contributed by atoms with Crippen molar-refractivity contribution in [1.82, 2.24) is 9.88 Å². The molecule has 2 rings (SSSR count). The second-order valence-electron chi connectivity index (χ2n) is 4.76. The summed E-state index contributed by atoms with van der Waals surface area (Å²) in [6.07, 6.45) is 2.10. The molecule has 1 fully saturated rings. The highest BCUT2D eigenvalue weighted by molar-refractivity contribution is 6.30. The molecule has 1 saturated heterocycles. The summed E-state index contributed by atoms with van der Waals surface area (Å²) in [4.78, 5) is 29.0. The van der Waals surface area contributed by atoms with Crippen molar-refractivity contribution in [3.8, 4) is 0 Å². The third-order valence-electron chi connectivity index (χ3n) is 3.26. The lowest BCUT2D eigenvalue weighted by Crippen LogP contribution is -2.34. The van der Waals surface area contributed by atoms with E-state index >= 15 is 0 Å². The molecule has 2 heterocycles. The first-order chi connectivity index (χ1) is 9.97. The molecule has 0 saturated carbocycles. The molecule has 21 heavy (non-hydrogen) atoms. The first kappa shape index (κ1) is 15.5. The van der Waals surface area contributed by atoms with Gasteiger partial charge in [-0.15, -0.1) is 0 Å². The summed E-state index contributed by atoms with van der Waals surface area (Å²) in [5, 5.41) is 20.1. The van der Waals surface area contributed by atoms with Crippen molar-refractivity contribution in [3.05, 3.63) is 27.4 Å². The van der Waals surface area contributed by atoms with Crippen LogP contribution in [0.1, 0.15) is 6.42 Å². The summed E-state index contributed by atoms with van der Waals surface area (Å²) in [6.45, 7) is 2.22. The van der Waals surface area contributed by atoms with Crippen LogP contribution in [0.15, 0.2) is 12.3 Å². The predicted molar refractivity (Wildman–Crippen MR) is 76.8 cm³/mol. The van der Waals surface area contributed by atoms with Crippen LogP contribution < -0.4 is 4.90 Å². The van der Waals surface area contributed by atoms with Crippen molar-refractivity contribution in [2.24, 2.45) is 0 Å². The van der Waals surface area contributed by atoms with Crippen LogP contribution in [0.4, 0.5) is 11.5 Å². The van der Waals surface area contributed by atoms with Gasteiger partial charge in [0.2, 0.25) is 5.82 Å². The summed E-state index contributed by atoms with van der Waals surface area (Å²) < 4.78 is 0. The number of rotatable bonds is 4. The van der Waals surface area contributed by atoms with Crippen LogP contribution in [0, 0.1) is 10.1 Å². The van der Waals surface area contributed by atoms with Crippen molar-refractivity contribution < 1.29 is 14.8 Å². The van der Waals surface area contributed by atoms with E-state index in [0.29, 0.717) is 26.2 Å². The van der Waals surface area contributed by atoms with Gasteiger partial charge in [-0.3, -0.25) is 19.8 Å². The van der Waals surface area contributed by atoms with Crippen LogP contribution in [0.5, 0.6) is 0 Å². The minimum atomic E-state index is -0.876. The van der Waals surface area contributed by atoms with E-state index in [9.17, 15) is 14.9 Å². The van der Waals surface area contributed by atoms with Crippen LogP contribution >= 0.6 is 11.6 Å².